The molecule has 2 rings (SSSR count). The van der Waals surface area contributed by atoms with Gasteiger partial charge in [0.2, 0.25) is 5.95 Å². The highest BCUT2D eigenvalue weighted by Gasteiger charge is 2.10. The van der Waals surface area contributed by atoms with E-state index in [-0.39, 0.29) is 10.7 Å². The third-order valence-electron chi connectivity index (χ3n) is 2.29. The standard InChI is InChI=1S/C13H7ClFN3O/c14-9-6-8(7-16)4-5-10(9)18-13(19)11-2-1-3-12(15)17-11/h1-6H,(H,18,19). The van der Waals surface area contributed by atoms with Gasteiger partial charge in [-0.15, -0.1) is 0 Å². The summed E-state index contributed by atoms with van der Waals surface area (Å²) >= 11 is 5.91. The van der Waals surface area contributed by atoms with Crippen LogP contribution in [0.2, 0.25) is 5.02 Å². The Balaban J connectivity index is 2.22. The number of nitrogens with one attached hydrogen (secondary N) is 1. The van der Waals surface area contributed by atoms with Crippen LogP contribution in [0.4, 0.5) is 10.1 Å². The molecule has 0 spiro atoms. The Morgan fingerprint density at radius 3 is 2.79 bits per heavy atom. The fourth-order valence-corrected chi connectivity index (χ4v) is 1.63. The number of rotatable bonds is 2. The van der Waals surface area contributed by atoms with Gasteiger partial charge in [-0.1, -0.05) is 17.7 Å². The van der Waals surface area contributed by atoms with Crippen LogP contribution in [-0.2, 0) is 0 Å². The zero-order valence-corrected chi connectivity index (χ0v) is 10.3. The average Bonchev–Trinajstić information content (AvgIpc) is 2.41. The summed E-state index contributed by atoms with van der Waals surface area (Å²) in [5.74, 6) is -1.32. The summed E-state index contributed by atoms with van der Waals surface area (Å²) in [5.41, 5.74) is 0.657. The molecule has 1 heterocycles. The SMILES string of the molecule is N#Cc1ccc(NC(=O)c2cccc(F)n2)c(Cl)c1. The van der Waals surface area contributed by atoms with Gasteiger partial charge in [-0.05, 0) is 30.3 Å². The predicted molar refractivity (Wildman–Crippen MR) is 68.3 cm³/mol. The molecule has 0 aliphatic carbocycles. The van der Waals surface area contributed by atoms with Crippen molar-refractivity contribution >= 4 is 23.2 Å². The van der Waals surface area contributed by atoms with Gasteiger partial charge in [0.05, 0.1) is 22.3 Å². The van der Waals surface area contributed by atoms with Crippen LogP contribution in [0.1, 0.15) is 16.1 Å². The number of anilines is 1. The summed E-state index contributed by atoms with van der Waals surface area (Å²) in [4.78, 5) is 15.3. The molecule has 0 unspecified atom stereocenters. The Morgan fingerprint density at radius 1 is 1.37 bits per heavy atom. The highest BCUT2D eigenvalue weighted by Crippen LogP contribution is 2.23. The number of amides is 1. The predicted octanol–water partition coefficient (Wildman–Crippen LogP) is 3.00. The first-order chi connectivity index (χ1) is 9.10. The molecule has 0 aliphatic rings. The van der Waals surface area contributed by atoms with E-state index in [2.05, 4.69) is 10.3 Å². The number of hydrogen-bond donors (Lipinski definition) is 1. The van der Waals surface area contributed by atoms with E-state index in [4.69, 9.17) is 16.9 Å². The lowest BCUT2D eigenvalue weighted by Gasteiger charge is -2.06. The second-order valence-electron chi connectivity index (χ2n) is 3.61. The molecule has 0 saturated carbocycles. The van der Waals surface area contributed by atoms with E-state index in [1.165, 1.54) is 30.3 Å². The van der Waals surface area contributed by atoms with Crippen molar-refractivity contribution in [2.24, 2.45) is 0 Å². The first-order valence-corrected chi connectivity index (χ1v) is 5.61. The molecule has 1 amide bonds. The minimum Gasteiger partial charge on any atom is -0.319 e. The van der Waals surface area contributed by atoms with Crippen molar-refractivity contribution in [1.29, 1.82) is 5.26 Å². The molecule has 1 N–H and O–H groups in total. The minimum absolute atomic E-state index is 0.0552. The lowest BCUT2D eigenvalue weighted by molar-refractivity contribution is 0.102. The van der Waals surface area contributed by atoms with Crippen molar-refractivity contribution in [2.75, 3.05) is 5.32 Å². The van der Waals surface area contributed by atoms with Gasteiger partial charge in [-0.2, -0.15) is 9.65 Å². The zero-order chi connectivity index (χ0) is 13.8. The first-order valence-electron chi connectivity index (χ1n) is 5.23. The first kappa shape index (κ1) is 13.0. The second kappa shape index (κ2) is 5.46. The third kappa shape index (κ3) is 3.06. The van der Waals surface area contributed by atoms with Gasteiger partial charge < -0.3 is 5.32 Å². The van der Waals surface area contributed by atoms with Crippen molar-refractivity contribution in [1.82, 2.24) is 4.98 Å². The summed E-state index contributed by atoms with van der Waals surface area (Å²) in [6.07, 6.45) is 0. The Bertz CT molecular complexity index is 682. The van der Waals surface area contributed by atoms with Gasteiger partial charge in [0.25, 0.3) is 5.91 Å². The molecule has 0 atom stereocenters. The molecule has 2 aromatic rings. The Labute approximate surface area is 113 Å². The largest absolute Gasteiger partial charge is 0.319 e. The Hall–Kier alpha value is -2.45. The normalized spacial score (nSPS) is 9.74. The van der Waals surface area contributed by atoms with Gasteiger partial charge in [-0.3, -0.25) is 4.79 Å². The number of nitrogens with zero attached hydrogens (tertiary/aromatic N) is 2. The number of pyridine rings is 1. The van der Waals surface area contributed by atoms with E-state index in [1.54, 1.807) is 0 Å². The molecule has 19 heavy (non-hydrogen) atoms. The fourth-order valence-electron chi connectivity index (χ4n) is 1.41. The van der Waals surface area contributed by atoms with Crippen LogP contribution in [0.5, 0.6) is 0 Å². The van der Waals surface area contributed by atoms with E-state index >= 15 is 0 Å². The van der Waals surface area contributed by atoms with Crippen LogP contribution in [0, 0.1) is 17.3 Å². The van der Waals surface area contributed by atoms with E-state index in [1.807, 2.05) is 6.07 Å². The molecule has 1 aromatic heterocycles. The van der Waals surface area contributed by atoms with E-state index in [0.717, 1.165) is 6.07 Å². The van der Waals surface area contributed by atoms with Crippen LogP contribution >= 0.6 is 11.6 Å². The molecule has 0 fully saturated rings. The van der Waals surface area contributed by atoms with Crippen LogP contribution in [0.3, 0.4) is 0 Å². The molecule has 1 aromatic carbocycles. The zero-order valence-electron chi connectivity index (χ0n) is 9.52. The average molecular weight is 276 g/mol. The third-order valence-corrected chi connectivity index (χ3v) is 2.61. The summed E-state index contributed by atoms with van der Waals surface area (Å²) < 4.78 is 12.9. The van der Waals surface area contributed by atoms with Gasteiger partial charge in [0, 0.05) is 0 Å². The highest BCUT2D eigenvalue weighted by molar-refractivity contribution is 6.34. The number of halogens is 2. The van der Waals surface area contributed by atoms with E-state index in [0.29, 0.717) is 11.3 Å². The van der Waals surface area contributed by atoms with Crippen molar-refractivity contribution in [3.8, 4) is 6.07 Å². The Morgan fingerprint density at radius 2 is 2.16 bits per heavy atom. The van der Waals surface area contributed by atoms with Crippen LogP contribution in [0.15, 0.2) is 36.4 Å². The summed E-state index contributed by atoms with van der Waals surface area (Å²) in [6, 6.07) is 10.3. The molecule has 4 nitrogen and oxygen atoms in total. The molecule has 0 aliphatic heterocycles. The summed E-state index contributed by atoms with van der Waals surface area (Å²) in [7, 11) is 0. The molecule has 0 radical (unpaired) electrons. The molecule has 0 bridgehead atoms. The highest BCUT2D eigenvalue weighted by atomic mass is 35.5. The molecule has 0 saturated heterocycles. The number of aromatic nitrogens is 1. The Kier molecular flexibility index (Phi) is 3.74. The summed E-state index contributed by atoms with van der Waals surface area (Å²) in [6.45, 7) is 0. The van der Waals surface area contributed by atoms with Crippen molar-refractivity contribution in [3.63, 3.8) is 0 Å². The van der Waals surface area contributed by atoms with Crippen LogP contribution in [0.25, 0.3) is 0 Å². The van der Waals surface area contributed by atoms with Crippen LogP contribution < -0.4 is 5.32 Å². The molecular formula is C13H7ClFN3O. The maximum absolute atomic E-state index is 12.9. The number of carbonyl (C=O) groups excluding carboxylic acids is 1. The number of nitriles is 1. The van der Waals surface area contributed by atoms with E-state index in [9.17, 15) is 9.18 Å². The maximum atomic E-state index is 12.9. The van der Waals surface area contributed by atoms with Crippen LogP contribution in [-0.4, -0.2) is 10.9 Å². The molecule has 6 heteroatoms. The summed E-state index contributed by atoms with van der Waals surface area (Å²) in [5, 5.41) is 11.4. The number of carbonyl (C=O) groups is 1. The van der Waals surface area contributed by atoms with Crippen molar-refractivity contribution in [2.45, 2.75) is 0 Å². The maximum Gasteiger partial charge on any atom is 0.274 e. The van der Waals surface area contributed by atoms with E-state index < -0.39 is 11.9 Å². The monoisotopic (exact) mass is 275 g/mol. The van der Waals surface area contributed by atoms with Gasteiger partial charge in [0.1, 0.15) is 5.69 Å². The molecule has 94 valence electrons. The van der Waals surface area contributed by atoms with Crippen molar-refractivity contribution < 1.29 is 9.18 Å². The van der Waals surface area contributed by atoms with Gasteiger partial charge in [-0.25, -0.2) is 4.98 Å². The quantitative estimate of drug-likeness (QED) is 0.857. The number of hydrogen-bond acceptors (Lipinski definition) is 3. The second-order valence-corrected chi connectivity index (χ2v) is 4.01. The number of benzene rings is 1. The smallest absolute Gasteiger partial charge is 0.274 e. The lowest BCUT2D eigenvalue weighted by Crippen LogP contribution is -2.14. The topological polar surface area (TPSA) is 65.8 Å². The van der Waals surface area contributed by atoms with Gasteiger partial charge in [0.15, 0.2) is 0 Å². The minimum atomic E-state index is -0.737. The molecular weight excluding hydrogens is 269 g/mol. The van der Waals surface area contributed by atoms with Gasteiger partial charge >= 0.3 is 0 Å². The lowest BCUT2D eigenvalue weighted by atomic mass is 10.2. The fraction of sp³-hybridized carbons (Fsp3) is 0. The van der Waals surface area contributed by atoms with Crippen molar-refractivity contribution in [3.05, 3.63) is 58.6 Å².